The van der Waals surface area contributed by atoms with Crippen LogP contribution in [-0.2, 0) is 14.8 Å². The Morgan fingerprint density at radius 3 is 2.25 bits per heavy atom. The molecule has 0 radical (unpaired) electrons. The molecule has 0 saturated carbocycles. The van der Waals surface area contributed by atoms with Crippen molar-refractivity contribution in [1.82, 2.24) is 4.31 Å². The number of carbonyl (C=O) groups excluding carboxylic acids is 1. The van der Waals surface area contributed by atoms with Gasteiger partial charge in [0.05, 0.1) is 6.26 Å². The zero-order valence-corrected chi connectivity index (χ0v) is 10.7. The molecule has 0 aromatic heterocycles. The second-order valence-corrected chi connectivity index (χ2v) is 6.40. The lowest BCUT2D eigenvalue weighted by atomic mass is 9.83. The number of sulfonamides is 1. The smallest absolute Gasteiger partial charge is 0.220 e. The third kappa shape index (κ3) is 3.18. The number of hydrogen-bond acceptors (Lipinski definition) is 3. The van der Waals surface area contributed by atoms with Gasteiger partial charge in [-0.3, -0.25) is 4.79 Å². The number of amides is 1. The molecule has 6 heteroatoms. The maximum absolute atomic E-state index is 11.3. The molecule has 1 aliphatic heterocycles. The molecule has 1 amide bonds. The van der Waals surface area contributed by atoms with Crippen molar-refractivity contribution in [2.24, 2.45) is 17.6 Å². The van der Waals surface area contributed by atoms with Crippen LogP contribution < -0.4 is 5.73 Å². The number of nitrogens with zero attached hydrogens (tertiary/aromatic N) is 1. The van der Waals surface area contributed by atoms with Gasteiger partial charge in [0.2, 0.25) is 15.9 Å². The molecule has 94 valence electrons. The van der Waals surface area contributed by atoms with E-state index >= 15 is 0 Å². The lowest BCUT2D eigenvalue weighted by Crippen LogP contribution is -2.41. The quantitative estimate of drug-likeness (QED) is 0.770. The molecule has 0 aliphatic carbocycles. The Bertz CT molecular complexity index is 345. The molecule has 1 unspecified atom stereocenters. The summed E-state index contributed by atoms with van der Waals surface area (Å²) in [4.78, 5) is 11.2. The largest absolute Gasteiger partial charge is 0.369 e. The number of hydrogen-bond donors (Lipinski definition) is 1. The van der Waals surface area contributed by atoms with E-state index < -0.39 is 10.0 Å². The van der Waals surface area contributed by atoms with Gasteiger partial charge in [-0.2, -0.15) is 0 Å². The zero-order valence-electron chi connectivity index (χ0n) is 9.85. The Hall–Kier alpha value is -0.620. The average Bonchev–Trinajstić information content (AvgIpc) is 2.17. The minimum atomic E-state index is -3.08. The van der Waals surface area contributed by atoms with Crippen molar-refractivity contribution in [3.8, 4) is 0 Å². The van der Waals surface area contributed by atoms with Crippen LogP contribution in [0.3, 0.4) is 0 Å². The summed E-state index contributed by atoms with van der Waals surface area (Å²) in [7, 11) is -3.08. The van der Waals surface area contributed by atoms with Crippen LogP contribution in [0.2, 0.25) is 0 Å². The van der Waals surface area contributed by atoms with Gasteiger partial charge in [0.25, 0.3) is 0 Å². The molecule has 1 fully saturated rings. The summed E-state index contributed by atoms with van der Waals surface area (Å²) in [5, 5.41) is 0. The fourth-order valence-electron chi connectivity index (χ4n) is 2.38. The lowest BCUT2D eigenvalue weighted by Gasteiger charge is -2.33. The van der Waals surface area contributed by atoms with Gasteiger partial charge in [-0.05, 0) is 25.2 Å². The molecule has 0 aromatic carbocycles. The van der Waals surface area contributed by atoms with Gasteiger partial charge in [-0.15, -0.1) is 0 Å². The van der Waals surface area contributed by atoms with Gasteiger partial charge in [-0.25, -0.2) is 12.7 Å². The predicted octanol–water partition coefficient (Wildman–Crippen LogP) is 0.170. The SMILES string of the molecule is CCC(C(N)=O)C1CCN(S(C)(=O)=O)CC1. The van der Waals surface area contributed by atoms with Crippen molar-refractivity contribution in [2.45, 2.75) is 26.2 Å². The van der Waals surface area contributed by atoms with Crippen LogP contribution in [0, 0.1) is 11.8 Å². The van der Waals surface area contributed by atoms with E-state index in [-0.39, 0.29) is 17.7 Å². The van der Waals surface area contributed by atoms with Gasteiger partial charge in [0.1, 0.15) is 0 Å². The van der Waals surface area contributed by atoms with E-state index in [0.717, 1.165) is 19.3 Å². The lowest BCUT2D eigenvalue weighted by molar-refractivity contribution is -0.124. The van der Waals surface area contributed by atoms with Crippen LogP contribution in [0.5, 0.6) is 0 Å². The molecule has 1 atom stereocenters. The molecule has 1 saturated heterocycles. The molecule has 1 aliphatic rings. The molecule has 0 spiro atoms. The first-order valence-electron chi connectivity index (χ1n) is 5.60. The summed E-state index contributed by atoms with van der Waals surface area (Å²) in [6, 6.07) is 0. The summed E-state index contributed by atoms with van der Waals surface area (Å²) in [5.74, 6) is -0.137. The summed E-state index contributed by atoms with van der Waals surface area (Å²) < 4.78 is 24.1. The van der Waals surface area contributed by atoms with Gasteiger partial charge in [0.15, 0.2) is 0 Å². The zero-order chi connectivity index (χ0) is 12.3. The molecule has 0 bridgehead atoms. The number of piperidine rings is 1. The van der Waals surface area contributed by atoms with Gasteiger partial charge < -0.3 is 5.73 Å². The summed E-state index contributed by atoms with van der Waals surface area (Å²) in [6.07, 6.45) is 3.42. The Morgan fingerprint density at radius 2 is 1.94 bits per heavy atom. The topological polar surface area (TPSA) is 80.5 Å². The van der Waals surface area contributed by atoms with E-state index in [2.05, 4.69) is 0 Å². The van der Waals surface area contributed by atoms with Crippen LogP contribution in [0.25, 0.3) is 0 Å². The second-order valence-electron chi connectivity index (χ2n) is 4.42. The Labute approximate surface area is 97.0 Å². The first kappa shape index (κ1) is 13.4. The van der Waals surface area contributed by atoms with Gasteiger partial charge in [0, 0.05) is 19.0 Å². The van der Waals surface area contributed by atoms with E-state index in [1.807, 2.05) is 6.92 Å². The number of nitrogens with two attached hydrogens (primary N) is 1. The van der Waals surface area contributed by atoms with Crippen molar-refractivity contribution in [3.05, 3.63) is 0 Å². The Kier molecular flexibility index (Phi) is 4.32. The molecule has 2 N–H and O–H groups in total. The van der Waals surface area contributed by atoms with Gasteiger partial charge >= 0.3 is 0 Å². The van der Waals surface area contributed by atoms with Crippen molar-refractivity contribution < 1.29 is 13.2 Å². The number of primary amides is 1. The maximum Gasteiger partial charge on any atom is 0.220 e. The molecule has 0 aromatic rings. The summed E-state index contributed by atoms with van der Waals surface area (Å²) in [6.45, 7) is 2.96. The first-order valence-corrected chi connectivity index (χ1v) is 7.45. The fraction of sp³-hybridized carbons (Fsp3) is 0.900. The monoisotopic (exact) mass is 248 g/mol. The highest BCUT2D eigenvalue weighted by atomic mass is 32.2. The molecular formula is C10H20N2O3S. The normalized spacial score (nSPS) is 21.9. The highest BCUT2D eigenvalue weighted by molar-refractivity contribution is 7.88. The molecule has 16 heavy (non-hydrogen) atoms. The third-order valence-electron chi connectivity index (χ3n) is 3.34. The Balaban J connectivity index is 2.58. The van der Waals surface area contributed by atoms with E-state index in [9.17, 15) is 13.2 Å². The van der Waals surface area contributed by atoms with Crippen LogP contribution in [0.15, 0.2) is 0 Å². The van der Waals surface area contributed by atoms with Gasteiger partial charge in [-0.1, -0.05) is 6.92 Å². The molecule has 1 heterocycles. The van der Waals surface area contributed by atoms with Crippen LogP contribution in [0.1, 0.15) is 26.2 Å². The number of carbonyl (C=O) groups is 1. The fourth-order valence-corrected chi connectivity index (χ4v) is 3.25. The third-order valence-corrected chi connectivity index (χ3v) is 4.65. The second kappa shape index (κ2) is 5.14. The average molecular weight is 248 g/mol. The number of rotatable bonds is 4. The minimum Gasteiger partial charge on any atom is -0.369 e. The predicted molar refractivity (Wildman–Crippen MR) is 62.1 cm³/mol. The Morgan fingerprint density at radius 1 is 1.44 bits per heavy atom. The standard InChI is InChI=1S/C10H20N2O3S/c1-3-9(10(11)13)8-4-6-12(7-5-8)16(2,14)15/h8-9H,3-7H2,1-2H3,(H2,11,13). The summed E-state index contributed by atoms with van der Waals surface area (Å²) >= 11 is 0. The summed E-state index contributed by atoms with van der Waals surface area (Å²) in [5.41, 5.74) is 5.33. The van der Waals surface area contributed by atoms with Crippen molar-refractivity contribution >= 4 is 15.9 Å². The van der Waals surface area contributed by atoms with Crippen molar-refractivity contribution in [3.63, 3.8) is 0 Å². The first-order chi connectivity index (χ1) is 7.36. The van der Waals surface area contributed by atoms with E-state index in [4.69, 9.17) is 5.73 Å². The highest BCUT2D eigenvalue weighted by Gasteiger charge is 2.31. The molecular weight excluding hydrogens is 228 g/mol. The van der Waals surface area contributed by atoms with E-state index in [1.54, 1.807) is 0 Å². The van der Waals surface area contributed by atoms with Crippen LogP contribution in [0.4, 0.5) is 0 Å². The van der Waals surface area contributed by atoms with Crippen molar-refractivity contribution in [1.29, 1.82) is 0 Å². The van der Waals surface area contributed by atoms with E-state index in [0.29, 0.717) is 13.1 Å². The van der Waals surface area contributed by atoms with Crippen LogP contribution in [-0.4, -0.2) is 38.0 Å². The van der Waals surface area contributed by atoms with Crippen molar-refractivity contribution in [2.75, 3.05) is 19.3 Å². The highest BCUT2D eigenvalue weighted by Crippen LogP contribution is 2.27. The minimum absolute atomic E-state index is 0.110. The molecule has 5 nitrogen and oxygen atoms in total. The molecule has 1 rings (SSSR count). The maximum atomic E-state index is 11.3. The van der Waals surface area contributed by atoms with E-state index in [1.165, 1.54) is 10.6 Å². The van der Waals surface area contributed by atoms with Crippen LogP contribution >= 0.6 is 0 Å².